The molecule has 2 saturated heterocycles. The van der Waals surface area contributed by atoms with Gasteiger partial charge >= 0.3 is 12.1 Å². The number of nitrogen functional groups attached to an aromatic ring is 1. The number of thioether (sulfide) groups is 1. The number of anilines is 1. The van der Waals surface area contributed by atoms with Crippen molar-refractivity contribution in [2.75, 3.05) is 24.6 Å². The van der Waals surface area contributed by atoms with Crippen molar-refractivity contribution in [1.29, 1.82) is 0 Å². The molecule has 3 aliphatic heterocycles. The second-order valence-corrected chi connectivity index (χ2v) is 10.2. The maximum Gasteiger partial charge on any atom is 0.406 e. The van der Waals surface area contributed by atoms with Gasteiger partial charge in [-0.3, -0.25) is 19.3 Å². The molecular formula is C20H19F3N6O6S2. The first-order valence-corrected chi connectivity index (χ1v) is 12.6. The number of aromatic nitrogens is 1. The van der Waals surface area contributed by atoms with Gasteiger partial charge in [0.2, 0.25) is 5.91 Å². The molecule has 5 N–H and O–H groups in total. The number of alkyl halides is 3. The summed E-state index contributed by atoms with van der Waals surface area (Å²) < 4.78 is 38.4. The van der Waals surface area contributed by atoms with Crippen LogP contribution in [0.5, 0.6) is 0 Å². The minimum Gasteiger partial charge on any atom is -0.477 e. The van der Waals surface area contributed by atoms with E-state index in [9.17, 15) is 42.7 Å². The number of nitrogens with two attached hydrogens (primary N) is 1. The van der Waals surface area contributed by atoms with Crippen molar-refractivity contribution in [3.8, 4) is 0 Å². The Morgan fingerprint density at radius 1 is 1.35 bits per heavy atom. The molecule has 0 aromatic carbocycles. The fourth-order valence-electron chi connectivity index (χ4n) is 4.16. The van der Waals surface area contributed by atoms with Crippen molar-refractivity contribution in [1.82, 2.24) is 20.1 Å². The lowest BCUT2D eigenvalue weighted by Gasteiger charge is -2.49. The molecule has 0 bridgehead atoms. The topological polar surface area (TPSA) is 179 Å². The van der Waals surface area contributed by atoms with Crippen molar-refractivity contribution >= 4 is 57.6 Å². The Labute approximate surface area is 214 Å². The quantitative estimate of drug-likeness (QED) is 0.128. The fraction of sp³-hybridized carbons (Fsp3) is 0.400. The molecule has 37 heavy (non-hydrogen) atoms. The molecule has 1 aromatic rings. The highest BCUT2D eigenvalue weighted by Crippen LogP contribution is 2.41. The number of aliphatic carboxylic acids is 1. The Bertz CT molecular complexity index is 1260. The predicted molar refractivity (Wildman–Crippen MR) is 124 cm³/mol. The van der Waals surface area contributed by atoms with Crippen LogP contribution in [0.3, 0.4) is 0 Å². The van der Waals surface area contributed by atoms with E-state index >= 15 is 0 Å². The maximum absolute atomic E-state index is 12.9. The van der Waals surface area contributed by atoms with E-state index in [1.807, 2.05) is 0 Å². The Hall–Kier alpha value is -3.60. The molecule has 198 valence electrons. The number of likely N-dealkylation sites (tertiary alicyclic amines) is 1. The van der Waals surface area contributed by atoms with Crippen molar-refractivity contribution in [3.05, 3.63) is 34.0 Å². The highest BCUT2D eigenvalue weighted by molar-refractivity contribution is 8.00. The van der Waals surface area contributed by atoms with E-state index < -0.39 is 59.2 Å². The summed E-state index contributed by atoms with van der Waals surface area (Å²) in [6, 6.07) is -1.15. The first-order chi connectivity index (χ1) is 17.4. The number of β-lactam (4-membered cyclic amide) rings is 1. The normalized spacial score (nSPS) is 23.8. The number of nitrogens with zero attached hydrogens (tertiary/aromatic N) is 4. The Kier molecular flexibility index (Phi) is 7.18. The second-order valence-electron chi connectivity index (χ2n) is 8.17. The zero-order chi connectivity index (χ0) is 27.1. The molecule has 12 nitrogen and oxygen atoms in total. The molecule has 2 atom stereocenters. The zero-order valence-corrected chi connectivity index (χ0v) is 20.3. The first-order valence-electron chi connectivity index (χ1n) is 10.6. The molecule has 1 aromatic heterocycles. The van der Waals surface area contributed by atoms with Crippen molar-refractivity contribution in [2.24, 2.45) is 5.16 Å². The highest BCUT2D eigenvalue weighted by Gasteiger charge is 2.54. The van der Waals surface area contributed by atoms with Gasteiger partial charge in [-0.25, -0.2) is 9.78 Å². The molecule has 4 heterocycles. The average molecular weight is 561 g/mol. The van der Waals surface area contributed by atoms with Gasteiger partial charge in [-0.1, -0.05) is 5.16 Å². The number of fused-ring (bicyclic) bond motifs is 1. The van der Waals surface area contributed by atoms with Gasteiger partial charge in [-0.2, -0.15) is 13.2 Å². The summed E-state index contributed by atoms with van der Waals surface area (Å²) in [6.07, 6.45) is -2.91. The van der Waals surface area contributed by atoms with Crippen LogP contribution in [0.1, 0.15) is 18.5 Å². The number of oxime groups is 1. The molecule has 3 amide bonds. The van der Waals surface area contributed by atoms with Gasteiger partial charge in [0.25, 0.3) is 11.8 Å². The third-order valence-electron chi connectivity index (χ3n) is 5.72. The lowest BCUT2D eigenvalue weighted by molar-refractivity contribution is -0.160. The monoisotopic (exact) mass is 560 g/mol. The van der Waals surface area contributed by atoms with Crippen LogP contribution in [0.2, 0.25) is 0 Å². The third-order valence-corrected chi connectivity index (χ3v) is 7.70. The molecule has 0 aliphatic carbocycles. The number of hydrogen-bond acceptors (Lipinski definition) is 10. The van der Waals surface area contributed by atoms with Crippen LogP contribution < -0.4 is 11.1 Å². The number of halogens is 3. The van der Waals surface area contributed by atoms with Crippen LogP contribution in [0.15, 0.2) is 33.5 Å². The van der Waals surface area contributed by atoms with E-state index in [-0.39, 0.29) is 47.1 Å². The van der Waals surface area contributed by atoms with E-state index in [1.165, 1.54) is 11.5 Å². The lowest BCUT2D eigenvalue weighted by atomic mass is 9.98. The maximum atomic E-state index is 12.9. The van der Waals surface area contributed by atoms with E-state index in [1.54, 1.807) is 0 Å². The number of piperidine rings is 1. The summed E-state index contributed by atoms with van der Waals surface area (Å²) in [7, 11) is 0. The molecule has 4 rings (SSSR count). The molecule has 17 heteroatoms. The van der Waals surface area contributed by atoms with E-state index in [0.29, 0.717) is 4.90 Å². The SMILES string of the molecule is Nc1nc(C(=NO)C(=O)N[C@@H]2C(=O)N3C(C(=O)O)=C(C=C4CCCN(CC(F)(F)F)C4=O)CS[C@H]23)cs1. The largest absolute Gasteiger partial charge is 0.477 e. The number of allylic oxidation sites excluding steroid dienone is 1. The second kappa shape index (κ2) is 10.0. The Morgan fingerprint density at radius 3 is 2.68 bits per heavy atom. The number of carbonyl (C=O) groups is 4. The number of amides is 3. The highest BCUT2D eigenvalue weighted by atomic mass is 32.2. The summed E-state index contributed by atoms with van der Waals surface area (Å²) in [5, 5.41) is 25.0. The number of carbonyl (C=O) groups excluding carboxylic acids is 3. The smallest absolute Gasteiger partial charge is 0.406 e. The van der Waals surface area contributed by atoms with Gasteiger partial charge in [0.1, 0.15) is 29.4 Å². The number of thiazole rings is 1. The number of carboxylic acids is 1. The summed E-state index contributed by atoms with van der Waals surface area (Å²) in [4.78, 5) is 55.5. The molecule has 3 aliphatic rings. The van der Waals surface area contributed by atoms with E-state index in [0.717, 1.165) is 28.0 Å². The third kappa shape index (κ3) is 5.27. The van der Waals surface area contributed by atoms with Crippen LogP contribution in [-0.4, -0.2) is 90.9 Å². The van der Waals surface area contributed by atoms with Crippen LogP contribution in [0, 0.1) is 0 Å². The molecule has 0 unspecified atom stereocenters. The van der Waals surface area contributed by atoms with Crippen molar-refractivity contribution in [3.63, 3.8) is 0 Å². The molecule has 2 fully saturated rings. The lowest BCUT2D eigenvalue weighted by Crippen LogP contribution is -2.71. The van der Waals surface area contributed by atoms with E-state index in [4.69, 9.17) is 5.73 Å². The number of hydrogen-bond donors (Lipinski definition) is 4. The molecule has 0 radical (unpaired) electrons. The Morgan fingerprint density at radius 2 is 2.08 bits per heavy atom. The number of rotatable bonds is 6. The van der Waals surface area contributed by atoms with Crippen molar-refractivity contribution < 1.29 is 42.7 Å². The van der Waals surface area contributed by atoms with Gasteiger partial charge in [-0.15, -0.1) is 23.1 Å². The number of carboxylic acid groups (broad SMARTS) is 1. The van der Waals surface area contributed by atoms with Gasteiger partial charge in [-0.05, 0) is 24.5 Å². The van der Waals surface area contributed by atoms with Gasteiger partial charge in [0.05, 0.1) is 0 Å². The van der Waals surface area contributed by atoms with Gasteiger partial charge < -0.3 is 26.3 Å². The van der Waals surface area contributed by atoms with Gasteiger partial charge in [0, 0.05) is 23.3 Å². The van der Waals surface area contributed by atoms with Crippen LogP contribution in [0.25, 0.3) is 0 Å². The van der Waals surface area contributed by atoms with Crippen LogP contribution in [0.4, 0.5) is 18.3 Å². The first kappa shape index (κ1) is 26.5. The minimum atomic E-state index is -4.58. The standard InChI is InChI=1S/C20H19F3N6O6S2/c21-20(22,23)7-28-3-1-2-8(15(28)31)4-9-5-36-17-12(16(32)29(17)13(9)18(33)34)26-14(30)11(27-35)10-6-37-19(24)25-10/h4,6,12,17,35H,1-3,5,7H2,(H2,24,25)(H,26,30)(H,33,34)/t12-,17-/m1/s1. The van der Waals surface area contributed by atoms with Crippen molar-refractivity contribution in [2.45, 2.75) is 30.4 Å². The number of nitrogens with one attached hydrogen (secondary N) is 1. The average Bonchev–Trinajstić information content (AvgIpc) is 3.24. The molecule has 0 spiro atoms. The van der Waals surface area contributed by atoms with Crippen LogP contribution in [-0.2, 0) is 19.2 Å². The molecular weight excluding hydrogens is 541 g/mol. The van der Waals surface area contributed by atoms with Gasteiger partial charge in [0.15, 0.2) is 10.8 Å². The van der Waals surface area contributed by atoms with E-state index in [2.05, 4.69) is 15.5 Å². The summed E-state index contributed by atoms with van der Waals surface area (Å²) in [6.45, 7) is -1.49. The fourth-order valence-corrected chi connectivity index (χ4v) is 6.01. The Balaban J connectivity index is 1.54. The summed E-state index contributed by atoms with van der Waals surface area (Å²) in [5.41, 5.74) is 4.72. The zero-order valence-electron chi connectivity index (χ0n) is 18.7. The minimum absolute atomic E-state index is 0.0147. The molecule has 0 saturated carbocycles. The summed E-state index contributed by atoms with van der Waals surface area (Å²) >= 11 is 2.10. The summed E-state index contributed by atoms with van der Waals surface area (Å²) in [5.74, 6) is -3.99. The van der Waals surface area contributed by atoms with Crippen LogP contribution >= 0.6 is 23.1 Å². The predicted octanol–water partition coefficient (Wildman–Crippen LogP) is 0.753.